The van der Waals surface area contributed by atoms with Crippen LogP contribution >= 0.6 is 0 Å². The number of hydrogen-bond donors (Lipinski definition) is 0. The first kappa shape index (κ1) is 20.9. The molecule has 0 N–H and O–H groups in total. The van der Waals surface area contributed by atoms with E-state index in [1.54, 1.807) is 0 Å². The summed E-state index contributed by atoms with van der Waals surface area (Å²) in [4.78, 5) is 0. The average Bonchev–Trinajstić information content (AvgIpc) is 3.21. The Morgan fingerprint density at radius 2 is 1.91 bits per heavy atom. The Hall–Kier alpha value is -1.09. The van der Waals surface area contributed by atoms with Crippen molar-refractivity contribution in [2.75, 3.05) is 0 Å². The molecule has 3 aromatic rings. The Morgan fingerprint density at radius 1 is 1.14 bits per heavy atom. The molecule has 0 aliphatic rings. The van der Waals surface area contributed by atoms with E-state index in [9.17, 15) is 0 Å². The van der Waals surface area contributed by atoms with E-state index in [0.29, 0.717) is 0 Å². The molecule has 2 nitrogen and oxygen atoms in total. The van der Waals surface area contributed by atoms with Gasteiger partial charge in [0.25, 0.3) is 0 Å². The molecule has 0 aliphatic carbocycles. The summed E-state index contributed by atoms with van der Waals surface area (Å²) in [5, 5.41) is 0. The van der Waals surface area contributed by atoms with E-state index in [2.05, 4.69) is 59.0 Å². The molecular formula is C18H23BrFeN2. The van der Waals surface area contributed by atoms with Gasteiger partial charge in [0, 0.05) is 0 Å². The molecule has 0 fully saturated rings. The van der Waals surface area contributed by atoms with Crippen molar-refractivity contribution in [3.63, 3.8) is 0 Å². The number of unbranched alkanes of at least 4 members (excludes halogenated alkanes) is 1. The zero-order chi connectivity index (χ0) is 14.0. The molecule has 2 aromatic carbocycles. The normalized spacial score (nSPS) is 9.14. The smallest absolute Gasteiger partial charge is 1.00 e. The van der Waals surface area contributed by atoms with Crippen LogP contribution in [0.5, 0.6) is 0 Å². The van der Waals surface area contributed by atoms with Gasteiger partial charge in [-0.2, -0.15) is 30.3 Å². The molecule has 0 bridgehead atoms. The van der Waals surface area contributed by atoms with Crippen molar-refractivity contribution in [2.45, 2.75) is 32.9 Å². The van der Waals surface area contributed by atoms with Crippen molar-refractivity contribution in [1.29, 1.82) is 0 Å². The summed E-state index contributed by atoms with van der Waals surface area (Å²) < 4.78 is 4.48. The topological polar surface area (TPSA) is 8.81 Å². The minimum absolute atomic E-state index is 0. The molecular weight excluding hydrogens is 380 g/mol. The fourth-order valence-corrected chi connectivity index (χ4v) is 2.06. The van der Waals surface area contributed by atoms with Crippen LogP contribution in [0.1, 0.15) is 25.3 Å². The average molecular weight is 403 g/mol. The number of hydrogen-bond acceptors (Lipinski definition) is 0. The maximum absolute atomic E-state index is 2.26. The van der Waals surface area contributed by atoms with Gasteiger partial charge in [0.1, 0.15) is 12.4 Å². The molecule has 3 rings (SSSR count). The molecule has 120 valence electrons. The minimum atomic E-state index is 0. The van der Waals surface area contributed by atoms with E-state index in [0.717, 1.165) is 13.1 Å². The molecule has 4 heteroatoms. The van der Waals surface area contributed by atoms with Crippen molar-refractivity contribution in [1.82, 2.24) is 4.57 Å². The van der Waals surface area contributed by atoms with Crippen molar-refractivity contribution in [2.24, 2.45) is 0 Å². The summed E-state index contributed by atoms with van der Waals surface area (Å²) in [5.74, 6) is 0. The van der Waals surface area contributed by atoms with Crippen LogP contribution in [-0.2, 0) is 30.2 Å². The van der Waals surface area contributed by atoms with Crippen LogP contribution in [-0.4, -0.2) is 4.57 Å². The monoisotopic (exact) mass is 402 g/mol. The Bertz CT molecular complexity index is 538. The van der Waals surface area contributed by atoms with Crippen LogP contribution in [0.3, 0.4) is 0 Å². The summed E-state index contributed by atoms with van der Waals surface area (Å²) >= 11 is 0. The van der Waals surface area contributed by atoms with Gasteiger partial charge in [-0.25, -0.2) is 33.4 Å². The molecule has 0 saturated heterocycles. The molecule has 0 aliphatic heterocycles. The SMILES string of the molecule is CCCCn1cc[n+](Cc2ccc[cH-]2)c1.[Br-].[Fe+2].c1cc[cH-]c1. The molecule has 0 radical (unpaired) electrons. The molecule has 0 spiro atoms. The zero-order valence-corrected chi connectivity index (χ0v) is 15.6. The van der Waals surface area contributed by atoms with Crippen molar-refractivity contribution >= 4 is 0 Å². The van der Waals surface area contributed by atoms with Crippen LogP contribution in [0.15, 0.2) is 73.3 Å². The third-order valence-electron chi connectivity index (χ3n) is 3.17. The van der Waals surface area contributed by atoms with E-state index in [4.69, 9.17) is 0 Å². The Labute approximate surface area is 154 Å². The standard InChI is InChI=1S/C13H18N2.C5H5.BrH.Fe/c1-2-3-8-14-9-10-15(12-14)11-13-6-4-5-7-13;1-2-4-5-3-1;;/h4-7,9-10,12H,2-3,8,11H2,1H3;1-5H;1H;/q;-1;;+2/p-1. The van der Waals surface area contributed by atoms with Gasteiger partial charge in [0.05, 0.1) is 13.1 Å². The summed E-state index contributed by atoms with van der Waals surface area (Å²) in [6.45, 7) is 4.33. The van der Waals surface area contributed by atoms with Crippen molar-refractivity contribution in [3.05, 3.63) is 78.9 Å². The first-order valence-electron chi connectivity index (χ1n) is 7.30. The number of halogens is 1. The summed E-state index contributed by atoms with van der Waals surface area (Å²) in [5.41, 5.74) is 1.37. The van der Waals surface area contributed by atoms with Gasteiger partial charge in [-0.05, 0) is 6.42 Å². The molecule has 0 atom stereocenters. The largest absolute Gasteiger partial charge is 2.00 e. The number of aryl methyl sites for hydroxylation is 1. The Morgan fingerprint density at radius 3 is 2.45 bits per heavy atom. The number of imidazole rings is 1. The van der Waals surface area contributed by atoms with E-state index in [1.165, 1.54) is 18.4 Å². The zero-order valence-electron chi connectivity index (χ0n) is 12.9. The van der Waals surface area contributed by atoms with Gasteiger partial charge < -0.3 is 17.0 Å². The van der Waals surface area contributed by atoms with Crippen molar-refractivity contribution < 1.29 is 38.6 Å². The minimum Gasteiger partial charge on any atom is -1.00 e. The maximum atomic E-state index is 2.26. The second-order valence-corrected chi connectivity index (χ2v) is 4.93. The molecule has 1 heterocycles. The van der Waals surface area contributed by atoms with Crippen LogP contribution in [0.2, 0.25) is 0 Å². The van der Waals surface area contributed by atoms with E-state index in [-0.39, 0.29) is 34.1 Å². The predicted octanol–water partition coefficient (Wildman–Crippen LogP) is 0.750. The summed E-state index contributed by atoms with van der Waals surface area (Å²) in [7, 11) is 0. The van der Waals surface area contributed by atoms with Gasteiger partial charge in [0.2, 0.25) is 6.33 Å². The molecule has 0 amide bonds. The van der Waals surface area contributed by atoms with Gasteiger partial charge in [0.15, 0.2) is 0 Å². The number of aromatic nitrogens is 2. The summed E-state index contributed by atoms with van der Waals surface area (Å²) in [6, 6.07) is 18.5. The molecule has 1 aromatic heterocycles. The van der Waals surface area contributed by atoms with Crippen LogP contribution in [0.25, 0.3) is 0 Å². The fraction of sp³-hybridized carbons (Fsp3) is 0.278. The van der Waals surface area contributed by atoms with Gasteiger partial charge in [-0.1, -0.05) is 13.3 Å². The van der Waals surface area contributed by atoms with Crippen LogP contribution in [0.4, 0.5) is 0 Å². The van der Waals surface area contributed by atoms with Gasteiger partial charge >= 0.3 is 17.1 Å². The third-order valence-corrected chi connectivity index (χ3v) is 3.17. The Balaban J connectivity index is 0.000000542. The molecule has 0 saturated carbocycles. The quantitative estimate of drug-likeness (QED) is 0.338. The van der Waals surface area contributed by atoms with E-state index >= 15 is 0 Å². The number of nitrogens with zero attached hydrogens (tertiary/aromatic N) is 2. The first-order valence-corrected chi connectivity index (χ1v) is 7.30. The maximum Gasteiger partial charge on any atom is 2.00 e. The van der Waals surface area contributed by atoms with Gasteiger partial charge in [-0.3, -0.25) is 0 Å². The summed E-state index contributed by atoms with van der Waals surface area (Å²) in [6.07, 6.45) is 8.98. The Kier molecular flexibility index (Phi) is 11.8. The van der Waals surface area contributed by atoms with Crippen LogP contribution < -0.4 is 21.5 Å². The number of rotatable bonds is 5. The third kappa shape index (κ3) is 7.79. The van der Waals surface area contributed by atoms with E-state index in [1.807, 2.05) is 30.3 Å². The molecule has 22 heavy (non-hydrogen) atoms. The predicted molar refractivity (Wildman–Crippen MR) is 82.7 cm³/mol. The van der Waals surface area contributed by atoms with Crippen LogP contribution in [0, 0.1) is 0 Å². The van der Waals surface area contributed by atoms with E-state index < -0.39 is 0 Å². The van der Waals surface area contributed by atoms with Crippen molar-refractivity contribution in [3.8, 4) is 0 Å². The fourth-order valence-electron chi connectivity index (χ4n) is 2.06. The second-order valence-electron chi connectivity index (χ2n) is 4.93. The molecule has 0 unspecified atom stereocenters. The van der Waals surface area contributed by atoms with Gasteiger partial charge in [-0.15, -0.1) is 5.56 Å². The second kappa shape index (κ2) is 12.5. The first-order chi connectivity index (χ1) is 9.88.